The third kappa shape index (κ3) is 3.83. The van der Waals surface area contributed by atoms with Gasteiger partial charge in [0, 0.05) is 11.4 Å². The summed E-state index contributed by atoms with van der Waals surface area (Å²) in [5.41, 5.74) is 9.75. The van der Waals surface area contributed by atoms with Gasteiger partial charge >= 0.3 is 0 Å². The van der Waals surface area contributed by atoms with Gasteiger partial charge in [-0.1, -0.05) is 18.2 Å². The Balaban J connectivity index is 1.72. The molecule has 132 valence electrons. The molecule has 1 amide bonds. The molecule has 5 nitrogen and oxygen atoms in total. The maximum atomic E-state index is 12.3. The summed E-state index contributed by atoms with van der Waals surface area (Å²) in [6.07, 6.45) is 0. The monoisotopic (exact) mass is 347 g/mol. The van der Waals surface area contributed by atoms with E-state index >= 15 is 0 Å². The number of aromatic nitrogens is 1. The van der Waals surface area contributed by atoms with Crippen LogP contribution in [0.2, 0.25) is 0 Å². The van der Waals surface area contributed by atoms with E-state index in [1.54, 1.807) is 24.3 Å². The van der Waals surface area contributed by atoms with E-state index in [1.807, 2.05) is 51.1 Å². The zero-order chi connectivity index (χ0) is 18.7. The fourth-order valence-corrected chi connectivity index (χ4v) is 2.65. The second kappa shape index (κ2) is 7.27. The van der Waals surface area contributed by atoms with Crippen LogP contribution in [0.1, 0.15) is 27.2 Å². The average Bonchev–Trinajstić information content (AvgIpc) is 2.59. The van der Waals surface area contributed by atoms with Crippen LogP contribution in [-0.4, -0.2) is 10.9 Å². The first-order valence-corrected chi connectivity index (χ1v) is 8.32. The van der Waals surface area contributed by atoms with Crippen molar-refractivity contribution < 1.29 is 9.53 Å². The first-order valence-electron chi connectivity index (χ1n) is 8.32. The quantitative estimate of drug-likeness (QED) is 0.721. The molecule has 0 saturated heterocycles. The normalized spacial score (nSPS) is 10.4. The number of carbonyl (C=O) groups excluding carboxylic acids is 1. The standard InChI is InChI=1S/C21H21N3O2/c1-13-5-4-6-14(2)19(13)26-17-10-8-16(9-11-17)24-21(25)18-12-7-15(3)23-20(18)22/h4-12H,1-3H3,(H2,22,23)(H,24,25). The molecule has 0 unspecified atom stereocenters. The number of aryl methyl sites for hydroxylation is 3. The molecular formula is C21H21N3O2. The van der Waals surface area contributed by atoms with Gasteiger partial charge in [0.1, 0.15) is 17.3 Å². The number of amides is 1. The second-order valence-corrected chi connectivity index (χ2v) is 6.19. The van der Waals surface area contributed by atoms with Crippen molar-refractivity contribution in [1.82, 2.24) is 4.98 Å². The van der Waals surface area contributed by atoms with E-state index in [-0.39, 0.29) is 11.7 Å². The second-order valence-electron chi connectivity index (χ2n) is 6.19. The molecule has 3 N–H and O–H groups in total. The average molecular weight is 347 g/mol. The summed E-state index contributed by atoms with van der Waals surface area (Å²) in [5, 5.41) is 2.82. The summed E-state index contributed by atoms with van der Waals surface area (Å²) in [7, 11) is 0. The largest absolute Gasteiger partial charge is 0.457 e. The molecule has 3 aromatic rings. The Morgan fingerprint density at radius 1 is 0.962 bits per heavy atom. The van der Waals surface area contributed by atoms with Gasteiger partial charge in [-0.15, -0.1) is 0 Å². The molecule has 0 aliphatic rings. The molecule has 0 atom stereocenters. The van der Waals surface area contributed by atoms with Crippen LogP contribution >= 0.6 is 0 Å². The zero-order valence-electron chi connectivity index (χ0n) is 15.0. The third-order valence-electron chi connectivity index (χ3n) is 4.05. The van der Waals surface area contributed by atoms with Gasteiger partial charge < -0.3 is 15.8 Å². The summed E-state index contributed by atoms with van der Waals surface area (Å²) in [4.78, 5) is 16.5. The molecule has 5 heteroatoms. The zero-order valence-corrected chi connectivity index (χ0v) is 15.0. The highest BCUT2D eigenvalue weighted by Crippen LogP contribution is 2.29. The Hall–Kier alpha value is -3.34. The number of hydrogen-bond donors (Lipinski definition) is 2. The van der Waals surface area contributed by atoms with Crippen LogP contribution in [0, 0.1) is 20.8 Å². The maximum Gasteiger partial charge on any atom is 0.259 e. The van der Waals surface area contributed by atoms with Crippen LogP contribution in [-0.2, 0) is 0 Å². The van der Waals surface area contributed by atoms with Crippen LogP contribution in [0.15, 0.2) is 54.6 Å². The molecule has 0 aliphatic carbocycles. The van der Waals surface area contributed by atoms with Crippen LogP contribution in [0.25, 0.3) is 0 Å². The smallest absolute Gasteiger partial charge is 0.259 e. The number of ether oxygens (including phenoxy) is 1. The van der Waals surface area contributed by atoms with Crippen LogP contribution in [0.5, 0.6) is 11.5 Å². The lowest BCUT2D eigenvalue weighted by Gasteiger charge is -2.12. The number of nitrogens with two attached hydrogens (primary N) is 1. The molecule has 0 radical (unpaired) electrons. The third-order valence-corrected chi connectivity index (χ3v) is 4.05. The summed E-state index contributed by atoms with van der Waals surface area (Å²) in [5.74, 6) is 1.48. The van der Waals surface area contributed by atoms with Gasteiger partial charge in [-0.2, -0.15) is 0 Å². The number of nitrogens with zero attached hydrogens (tertiary/aromatic N) is 1. The van der Waals surface area contributed by atoms with Crippen molar-refractivity contribution in [2.24, 2.45) is 0 Å². The number of pyridine rings is 1. The van der Waals surface area contributed by atoms with Crippen LogP contribution < -0.4 is 15.8 Å². The van der Waals surface area contributed by atoms with Crippen molar-refractivity contribution in [2.75, 3.05) is 11.1 Å². The van der Waals surface area contributed by atoms with Crippen molar-refractivity contribution in [2.45, 2.75) is 20.8 Å². The Kier molecular flexibility index (Phi) is 4.89. The molecule has 1 aromatic heterocycles. The summed E-state index contributed by atoms with van der Waals surface area (Å²) in [6, 6.07) is 16.7. The first kappa shape index (κ1) is 17.5. The van der Waals surface area contributed by atoms with Crippen molar-refractivity contribution >= 4 is 17.4 Å². The molecule has 0 fully saturated rings. The Morgan fingerprint density at radius 3 is 2.23 bits per heavy atom. The predicted molar refractivity (Wildman–Crippen MR) is 104 cm³/mol. The maximum absolute atomic E-state index is 12.3. The number of nitrogens with one attached hydrogen (secondary N) is 1. The number of carbonyl (C=O) groups is 1. The molecule has 3 rings (SSSR count). The number of rotatable bonds is 4. The highest BCUT2D eigenvalue weighted by molar-refractivity contribution is 6.07. The van der Waals surface area contributed by atoms with Gasteiger partial charge in [-0.3, -0.25) is 4.79 Å². The molecule has 2 aromatic carbocycles. The van der Waals surface area contributed by atoms with E-state index in [1.165, 1.54) is 0 Å². The van der Waals surface area contributed by atoms with E-state index in [9.17, 15) is 4.79 Å². The minimum atomic E-state index is -0.293. The minimum absolute atomic E-state index is 0.220. The van der Waals surface area contributed by atoms with E-state index < -0.39 is 0 Å². The molecule has 0 saturated carbocycles. The lowest BCUT2D eigenvalue weighted by Crippen LogP contribution is -2.15. The minimum Gasteiger partial charge on any atom is -0.457 e. The van der Waals surface area contributed by atoms with Gasteiger partial charge in [-0.05, 0) is 68.3 Å². The first-order chi connectivity index (χ1) is 12.4. The summed E-state index contributed by atoms with van der Waals surface area (Å²) >= 11 is 0. The fourth-order valence-electron chi connectivity index (χ4n) is 2.65. The van der Waals surface area contributed by atoms with Crippen LogP contribution in [0.4, 0.5) is 11.5 Å². The molecule has 1 heterocycles. The van der Waals surface area contributed by atoms with Gasteiger partial charge in [0.05, 0.1) is 5.56 Å². The number of nitrogen functional groups attached to an aromatic ring is 1. The Labute approximate surface area is 152 Å². The fraction of sp³-hybridized carbons (Fsp3) is 0.143. The Bertz CT molecular complexity index is 930. The Morgan fingerprint density at radius 2 is 1.62 bits per heavy atom. The predicted octanol–water partition coefficient (Wildman–Crippen LogP) is 4.63. The lowest BCUT2D eigenvalue weighted by molar-refractivity contribution is 0.102. The summed E-state index contributed by atoms with van der Waals surface area (Å²) in [6.45, 7) is 5.85. The van der Waals surface area contributed by atoms with E-state index in [0.717, 1.165) is 22.6 Å². The van der Waals surface area contributed by atoms with Gasteiger partial charge in [-0.25, -0.2) is 4.98 Å². The van der Waals surface area contributed by atoms with Gasteiger partial charge in [0.15, 0.2) is 0 Å². The molecule has 0 bridgehead atoms. The van der Waals surface area contributed by atoms with E-state index in [0.29, 0.717) is 17.0 Å². The van der Waals surface area contributed by atoms with Crippen molar-refractivity contribution in [3.8, 4) is 11.5 Å². The van der Waals surface area contributed by atoms with E-state index in [4.69, 9.17) is 10.5 Å². The van der Waals surface area contributed by atoms with E-state index in [2.05, 4.69) is 10.3 Å². The SMILES string of the molecule is Cc1ccc(C(=O)Nc2ccc(Oc3c(C)cccc3C)cc2)c(N)n1. The molecule has 0 spiro atoms. The lowest BCUT2D eigenvalue weighted by atomic mass is 10.1. The molecule has 26 heavy (non-hydrogen) atoms. The van der Waals surface area contributed by atoms with Crippen molar-refractivity contribution in [1.29, 1.82) is 0 Å². The van der Waals surface area contributed by atoms with Gasteiger partial charge in [0.25, 0.3) is 5.91 Å². The van der Waals surface area contributed by atoms with Crippen LogP contribution in [0.3, 0.4) is 0 Å². The summed E-state index contributed by atoms with van der Waals surface area (Å²) < 4.78 is 5.97. The van der Waals surface area contributed by atoms with Gasteiger partial charge in [0.2, 0.25) is 0 Å². The topological polar surface area (TPSA) is 77.2 Å². The number of anilines is 2. The number of benzene rings is 2. The van der Waals surface area contributed by atoms with Crippen molar-refractivity contribution in [3.05, 3.63) is 77.0 Å². The molecular weight excluding hydrogens is 326 g/mol. The highest BCUT2D eigenvalue weighted by atomic mass is 16.5. The van der Waals surface area contributed by atoms with Crippen molar-refractivity contribution in [3.63, 3.8) is 0 Å². The highest BCUT2D eigenvalue weighted by Gasteiger charge is 2.11. The number of para-hydroxylation sites is 1. The molecule has 0 aliphatic heterocycles. The number of hydrogen-bond acceptors (Lipinski definition) is 4.